The summed E-state index contributed by atoms with van der Waals surface area (Å²) in [6.45, 7) is 0.718. The molecular formula is C23H26N4OS2. The van der Waals surface area contributed by atoms with Crippen molar-refractivity contribution in [2.75, 3.05) is 12.3 Å². The van der Waals surface area contributed by atoms with Crippen molar-refractivity contribution in [2.24, 2.45) is 0 Å². The highest BCUT2D eigenvalue weighted by atomic mass is 32.2. The van der Waals surface area contributed by atoms with Gasteiger partial charge in [0.05, 0.1) is 5.75 Å². The molecule has 1 N–H and O–H groups in total. The summed E-state index contributed by atoms with van der Waals surface area (Å²) in [5, 5.41) is 15.0. The van der Waals surface area contributed by atoms with Crippen molar-refractivity contribution < 1.29 is 4.79 Å². The molecular weight excluding hydrogens is 412 g/mol. The molecule has 2 aromatic heterocycles. The van der Waals surface area contributed by atoms with Crippen molar-refractivity contribution in [3.05, 3.63) is 64.1 Å². The van der Waals surface area contributed by atoms with Gasteiger partial charge >= 0.3 is 0 Å². The van der Waals surface area contributed by atoms with Crippen LogP contribution in [0.1, 0.15) is 54.4 Å². The Morgan fingerprint density at radius 1 is 1.17 bits per heavy atom. The van der Waals surface area contributed by atoms with Crippen molar-refractivity contribution in [3.63, 3.8) is 0 Å². The van der Waals surface area contributed by atoms with Crippen molar-refractivity contribution >= 4 is 29.0 Å². The van der Waals surface area contributed by atoms with Crippen molar-refractivity contribution in [2.45, 2.75) is 55.1 Å². The lowest BCUT2D eigenvalue weighted by molar-refractivity contribution is -0.119. The summed E-state index contributed by atoms with van der Waals surface area (Å²) >= 11 is 3.26. The third-order valence-electron chi connectivity index (χ3n) is 6.21. The molecule has 2 saturated carbocycles. The van der Waals surface area contributed by atoms with Gasteiger partial charge in [-0.05, 0) is 42.7 Å². The first kappa shape index (κ1) is 19.8. The molecule has 1 aromatic carbocycles. The first-order valence-corrected chi connectivity index (χ1v) is 12.5. The Bertz CT molecular complexity index is 992. The van der Waals surface area contributed by atoms with E-state index in [9.17, 15) is 4.79 Å². The van der Waals surface area contributed by atoms with E-state index in [-0.39, 0.29) is 11.3 Å². The Morgan fingerprint density at radius 3 is 2.67 bits per heavy atom. The molecule has 0 saturated heterocycles. The molecule has 0 aliphatic heterocycles. The molecule has 0 radical (unpaired) electrons. The van der Waals surface area contributed by atoms with Crippen molar-refractivity contribution in [1.29, 1.82) is 0 Å². The van der Waals surface area contributed by atoms with E-state index < -0.39 is 0 Å². The molecule has 0 unspecified atom stereocenters. The zero-order chi connectivity index (χ0) is 20.4. The molecule has 5 rings (SSSR count). The lowest BCUT2D eigenvalue weighted by Crippen LogP contribution is -2.46. The minimum absolute atomic E-state index is 0.0763. The molecule has 5 nitrogen and oxygen atoms in total. The number of carbonyl (C=O) groups is 1. The molecule has 7 heteroatoms. The van der Waals surface area contributed by atoms with Gasteiger partial charge in [-0.15, -0.1) is 21.5 Å². The Hall–Kier alpha value is -2.12. The lowest BCUT2D eigenvalue weighted by Gasteiger charge is -2.42. The highest BCUT2D eigenvalue weighted by Gasteiger charge is 2.38. The number of nitrogens with zero attached hydrogens (tertiary/aromatic N) is 3. The fraction of sp³-hybridized carbons (Fsp3) is 0.435. The van der Waals surface area contributed by atoms with Gasteiger partial charge in [-0.2, -0.15) is 0 Å². The van der Waals surface area contributed by atoms with Crippen LogP contribution in [-0.2, 0) is 16.6 Å². The molecule has 0 bridgehead atoms. The zero-order valence-corrected chi connectivity index (χ0v) is 18.6. The number of benzene rings is 1. The highest BCUT2D eigenvalue weighted by Crippen LogP contribution is 2.43. The molecule has 156 valence electrons. The average molecular weight is 439 g/mol. The molecule has 2 fully saturated rings. The lowest BCUT2D eigenvalue weighted by atomic mass is 9.64. The number of thioether (sulfide) groups is 1. The van der Waals surface area contributed by atoms with E-state index in [1.54, 1.807) is 11.3 Å². The summed E-state index contributed by atoms with van der Waals surface area (Å²) in [5.74, 6) is 1.47. The van der Waals surface area contributed by atoms with Crippen LogP contribution < -0.4 is 5.32 Å². The maximum Gasteiger partial charge on any atom is 0.230 e. The van der Waals surface area contributed by atoms with Gasteiger partial charge < -0.3 is 9.88 Å². The second-order valence-electron chi connectivity index (χ2n) is 8.32. The summed E-state index contributed by atoms with van der Waals surface area (Å²) in [6.07, 6.45) is 6.69. The van der Waals surface area contributed by atoms with E-state index >= 15 is 0 Å². The second-order valence-corrected chi connectivity index (χ2v) is 10.3. The number of thiophene rings is 1. The average Bonchev–Trinajstić information content (AvgIpc) is 3.28. The highest BCUT2D eigenvalue weighted by molar-refractivity contribution is 7.99. The SMILES string of the molecule is O=C(CSc1nnc(Cc2cccs2)n1C1CC1)NCC1(c2ccccc2)CCC1. The number of carbonyl (C=O) groups excluding carboxylic acids is 1. The van der Waals surface area contributed by atoms with E-state index in [4.69, 9.17) is 0 Å². The van der Waals surface area contributed by atoms with E-state index in [1.165, 1.54) is 41.5 Å². The minimum Gasteiger partial charge on any atom is -0.354 e. The van der Waals surface area contributed by atoms with Crippen LogP contribution in [0.3, 0.4) is 0 Å². The van der Waals surface area contributed by atoms with Crippen LogP contribution in [0, 0.1) is 0 Å². The van der Waals surface area contributed by atoms with E-state index in [2.05, 4.69) is 61.9 Å². The third kappa shape index (κ3) is 4.18. The molecule has 2 aliphatic rings. The minimum atomic E-state index is 0.0763. The standard InChI is InChI=1S/C23H26N4OS2/c28-21(24-16-23(11-5-12-23)17-6-2-1-3-7-17)15-30-22-26-25-20(27(22)18-9-10-18)14-19-8-4-13-29-19/h1-4,6-8,13,18H,5,9-12,14-16H2,(H,24,28). The van der Waals surface area contributed by atoms with Gasteiger partial charge in [0.25, 0.3) is 0 Å². The van der Waals surface area contributed by atoms with Crippen LogP contribution in [0.25, 0.3) is 0 Å². The van der Waals surface area contributed by atoms with Gasteiger partial charge in [0.1, 0.15) is 5.82 Å². The van der Waals surface area contributed by atoms with Crippen LogP contribution in [-0.4, -0.2) is 33.0 Å². The van der Waals surface area contributed by atoms with Crippen LogP contribution >= 0.6 is 23.1 Å². The summed E-state index contributed by atoms with van der Waals surface area (Å²) < 4.78 is 2.26. The maximum absolute atomic E-state index is 12.6. The van der Waals surface area contributed by atoms with Crippen LogP contribution in [0.15, 0.2) is 53.0 Å². The molecule has 2 heterocycles. The molecule has 30 heavy (non-hydrogen) atoms. The molecule has 3 aromatic rings. The largest absolute Gasteiger partial charge is 0.354 e. The van der Waals surface area contributed by atoms with Gasteiger partial charge in [-0.1, -0.05) is 54.6 Å². The molecule has 0 spiro atoms. The van der Waals surface area contributed by atoms with Crippen molar-refractivity contribution in [3.8, 4) is 0 Å². The van der Waals surface area contributed by atoms with Crippen molar-refractivity contribution in [1.82, 2.24) is 20.1 Å². The Morgan fingerprint density at radius 2 is 2.00 bits per heavy atom. The second kappa shape index (κ2) is 8.55. The number of nitrogens with one attached hydrogen (secondary N) is 1. The first-order chi connectivity index (χ1) is 14.7. The fourth-order valence-electron chi connectivity index (χ4n) is 4.21. The third-order valence-corrected chi connectivity index (χ3v) is 8.03. The van der Waals surface area contributed by atoms with E-state index in [1.807, 2.05) is 6.07 Å². The summed E-state index contributed by atoms with van der Waals surface area (Å²) in [5.41, 5.74) is 1.46. The Kier molecular flexibility index (Phi) is 5.65. The van der Waals surface area contributed by atoms with E-state index in [0.29, 0.717) is 11.8 Å². The van der Waals surface area contributed by atoms with Gasteiger partial charge in [-0.25, -0.2) is 0 Å². The van der Waals surface area contributed by atoms with E-state index in [0.717, 1.165) is 36.8 Å². The zero-order valence-electron chi connectivity index (χ0n) is 16.9. The van der Waals surface area contributed by atoms with Gasteiger partial charge in [-0.3, -0.25) is 4.79 Å². The fourth-order valence-corrected chi connectivity index (χ4v) is 5.76. The van der Waals surface area contributed by atoms with Crippen LogP contribution in [0.4, 0.5) is 0 Å². The Balaban J connectivity index is 1.19. The molecule has 1 amide bonds. The van der Waals surface area contributed by atoms with Gasteiger partial charge in [0.15, 0.2) is 5.16 Å². The normalized spacial score (nSPS) is 17.5. The smallest absolute Gasteiger partial charge is 0.230 e. The van der Waals surface area contributed by atoms with Gasteiger partial charge in [0, 0.05) is 29.3 Å². The maximum atomic E-state index is 12.6. The monoisotopic (exact) mass is 438 g/mol. The van der Waals surface area contributed by atoms with Crippen LogP contribution in [0.2, 0.25) is 0 Å². The number of hydrogen-bond donors (Lipinski definition) is 1. The number of hydrogen-bond acceptors (Lipinski definition) is 5. The molecule has 2 aliphatic carbocycles. The van der Waals surface area contributed by atoms with Crippen LogP contribution in [0.5, 0.6) is 0 Å². The number of rotatable bonds is 9. The topological polar surface area (TPSA) is 59.8 Å². The first-order valence-electron chi connectivity index (χ1n) is 10.6. The predicted molar refractivity (Wildman–Crippen MR) is 121 cm³/mol. The quantitative estimate of drug-likeness (QED) is 0.496. The molecule has 0 atom stereocenters. The number of amides is 1. The predicted octanol–water partition coefficient (Wildman–Crippen LogP) is 4.60. The summed E-state index contributed by atoms with van der Waals surface area (Å²) in [4.78, 5) is 13.9. The number of aromatic nitrogens is 3. The summed E-state index contributed by atoms with van der Waals surface area (Å²) in [6, 6.07) is 15.3. The van der Waals surface area contributed by atoms with Gasteiger partial charge in [0.2, 0.25) is 5.91 Å². The Labute approximate surface area is 185 Å². The summed E-state index contributed by atoms with van der Waals surface area (Å²) in [7, 11) is 0.